The maximum atomic E-state index is 12.9. The molecule has 6 unspecified atom stereocenters. The molecule has 0 aromatic carbocycles. The number of aliphatic hydroxyl groups is 7. The van der Waals surface area contributed by atoms with Crippen LogP contribution in [-0.4, -0.2) is 147 Å². The number of aliphatic hydroxyl groups excluding tert-OH is 6. The van der Waals surface area contributed by atoms with Crippen LogP contribution in [0.3, 0.4) is 0 Å². The molecule has 3 fully saturated rings. The van der Waals surface area contributed by atoms with E-state index in [2.05, 4.69) is 5.32 Å². The van der Waals surface area contributed by atoms with Crippen LogP contribution in [0.15, 0.2) is 0 Å². The van der Waals surface area contributed by atoms with E-state index in [0.29, 0.717) is 25.7 Å². The highest BCUT2D eigenvalue weighted by molar-refractivity contribution is 5.81. The van der Waals surface area contributed by atoms with Gasteiger partial charge in [-0.15, -0.1) is 0 Å². The third-order valence-electron chi connectivity index (χ3n) is 8.94. The van der Waals surface area contributed by atoms with Gasteiger partial charge in [-0.2, -0.15) is 0 Å². The highest BCUT2D eigenvalue weighted by Crippen LogP contribution is 2.34. The van der Waals surface area contributed by atoms with Gasteiger partial charge in [0.15, 0.2) is 12.6 Å². The number of amides is 1. The molecule has 43 heavy (non-hydrogen) atoms. The fourth-order valence-corrected chi connectivity index (χ4v) is 5.73. The lowest BCUT2D eigenvalue weighted by molar-refractivity contribution is -0.314. The number of nitrogens with one attached hydrogen (secondary N) is 1. The Morgan fingerprint density at radius 3 is 2.37 bits per heavy atom. The van der Waals surface area contributed by atoms with Gasteiger partial charge in [0, 0.05) is 18.6 Å². The van der Waals surface area contributed by atoms with E-state index in [1.54, 1.807) is 6.92 Å². The molecular weight excluding hydrogens is 572 g/mol. The summed E-state index contributed by atoms with van der Waals surface area (Å²) >= 11 is 0. The van der Waals surface area contributed by atoms with E-state index >= 15 is 0 Å². The second-order valence-electron chi connectivity index (χ2n) is 12.4. The minimum atomic E-state index is -1.92. The van der Waals surface area contributed by atoms with Crippen molar-refractivity contribution < 1.29 is 59.5 Å². The first-order valence-corrected chi connectivity index (χ1v) is 15.0. The van der Waals surface area contributed by atoms with Gasteiger partial charge in [-0.1, -0.05) is 6.92 Å². The molecule has 2 heterocycles. The van der Waals surface area contributed by atoms with Gasteiger partial charge >= 0.3 is 0 Å². The molecule has 0 bridgehead atoms. The Hall–Kier alpha value is -1.09. The zero-order valence-corrected chi connectivity index (χ0v) is 24.9. The number of hydrogen-bond acceptors (Lipinski definition) is 15. The van der Waals surface area contributed by atoms with Crippen molar-refractivity contribution in [2.24, 2.45) is 23.1 Å². The van der Waals surface area contributed by atoms with Crippen LogP contribution >= 0.6 is 0 Å². The molecule has 0 spiro atoms. The van der Waals surface area contributed by atoms with Crippen LogP contribution in [0.1, 0.15) is 52.4 Å². The topological polar surface area (TPSA) is 286 Å². The summed E-state index contributed by atoms with van der Waals surface area (Å²) in [6, 6.07) is -3.95. The maximum Gasteiger partial charge on any atom is 0.250 e. The van der Waals surface area contributed by atoms with E-state index < -0.39 is 97.4 Å². The van der Waals surface area contributed by atoms with Gasteiger partial charge in [0.2, 0.25) is 0 Å². The monoisotopic (exact) mass is 624 g/mol. The zero-order valence-electron chi connectivity index (χ0n) is 24.9. The number of nitrogens with two attached hydrogens (primary N) is 3. The van der Waals surface area contributed by atoms with Crippen molar-refractivity contribution in [3.8, 4) is 0 Å². The van der Waals surface area contributed by atoms with Crippen LogP contribution in [0.5, 0.6) is 0 Å². The first-order chi connectivity index (χ1) is 20.2. The first-order valence-electron chi connectivity index (χ1n) is 15.0. The highest BCUT2D eigenvalue weighted by Gasteiger charge is 2.51. The van der Waals surface area contributed by atoms with Crippen molar-refractivity contribution in [1.82, 2.24) is 5.32 Å². The Kier molecular flexibility index (Phi) is 13.5. The molecule has 3 aliphatic rings. The molecular formula is C27H52N4O12. The number of unbranched alkanes of at least 4 members (excludes halogenated alkanes) is 1. The Labute approximate surface area is 251 Å². The molecule has 14 N–H and O–H groups in total. The summed E-state index contributed by atoms with van der Waals surface area (Å²) < 4.78 is 23.9. The van der Waals surface area contributed by atoms with Crippen molar-refractivity contribution in [2.75, 3.05) is 19.8 Å². The predicted octanol–water partition coefficient (Wildman–Crippen LogP) is -4.53. The number of rotatable bonds is 13. The molecule has 16 heteroatoms. The van der Waals surface area contributed by atoms with Crippen molar-refractivity contribution in [3.63, 3.8) is 0 Å². The summed E-state index contributed by atoms with van der Waals surface area (Å²) in [5, 5.41) is 73.8. The van der Waals surface area contributed by atoms with Crippen LogP contribution in [0.2, 0.25) is 0 Å². The van der Waals surface area contributed by atoms with Gasteiger partial charge in [0.25, 0.3) is 5.91 Å². The minimum absolute atomic E-state index is 0.0272. The Morgan fingerprint density at radius 1 is 1.05 bits per heavy atom. The van der Waals surface area contributed by atoms with Crippen molar-refractivity contribution >= 4 is 5.91 Å². The third-order valence-corrected chi connectivity index (χ3v) is 8.94. The minimum Gasteiger partial charge on any atom is -0.396 e. The van der Waals surface area contributed by atoms with E-state index in [1.807, 2.05) is 0 Å². The molecule has 1 aliphatic carbocycles. The van der Waals surface area contributed by atoms with Gasteiger partial charge in [0.05, 0.1) is 49.1 Å². The van der Waals surface area contributed by atoms with Crippen molar-refractivity contribution in [2.45, 2.75) is 137 Å². The SMILES string of the molecule is C[C@@H]1C(O)[C@@H](OC2C(O)C(O[C@H]3O[C@H](CCCCO)CCC3N)[C@@H](N)C[C@H]2NC(=O)[C@@H](O)[C@@H](N)[C@@H](O)CO)OCC1(C)O. The van der Waals surface area contributed by atoms with Crippen LogP contribution < -0.4 is 22.5 Å². The lowest BCUT2D eigenvalue weighted by atomic mass is 9.82. The highest BCUT2D eigenvalue weighted by atomic mass is 16.7. The smallest absolute Gasteiger partial charge is 0.250 e. The summed E-state index contributed by atoms with van der Waals surface area (Å²) in [6.07, 6.45) is -7.71. The summed E-state index contributed by atoms with van der Waals surface area (Å²) in [4.78, 5) is 12.9. The lowest BCUT2D eigenvalue weighted by Crippen LogP contribution is -2.68. The van der Waals surface area contributed by atoms with Crippen molar-refractivity contribution in [3.05, 3.63) is 0 Å². The summed E-state index contributed by atoms with van der Waals surface area (Å²) in [7, 11) is 0. The predicted molar refractivity (Wildman–Crippen MR) is 150 cm³/mol. The lowest BCUT2D eigenvalue weighted by Gasteiger charge is -2.48. The molecule has 252 valence electrons. The second-order valence-corrected chi connectivity index (χ2v) is 12.4. The van der Waals surface area contributed by atoms with Crippen molar-refractivity contribution in [1.29, 1.82) is 0 Å². The summed E-state index contributed by atoms with van der Waals surface area (Å²) in [6.45, 7) is 2.24. The second kappa shape index (κ2) is 16.0. The third kappa shape index (κ3) is 9.01. The average molecular weight is 625 g/mol. The largest absolute Gasteiger partial charge is 0.396 e. The van der Waals surface area contributed by atoms with E-state index in [9.17, 15) is 30.3 Å². The van der Waals surface area contributed by atoms with Crippen LogP contribution in [0.25, 0.3) is 0 Å². The first kappa shape index (κ1) is 36.4. The Bertz CT molecular complexity index is 874. The molecule has 0 radical (unpaired) electrons. The Balaban J connectivity index is 1.79. The van der Waals surface area contributed by atoms with E-state index in [0.717, 1.165) is 6.42 Å². The molecule has 1 amide bonds. The molecule has 1 saturated carbocycles. The summed E-state index contributed by atoms with van der Waals surface area (Å²) in [5.41, 5.74) is 17.1. The normalized spacial score (nSPS) is 42.7. The molecule has 2 aliphatic heterocycles. The summed E-state index contributed by atoms with van der Waals surface area (Å²) in [5.74, 6) is -1.69. The number of carbonyl (C=O) groups is 1. The fraction of sp³-hybridized carbons (Fsp3) is 0.963. The van der Waals surface area contributed by atoms with Gasteiger partial charge in [-0.05, 0) is 45.4 Å². The molecule has 16 nitrogen and oxygen atoms in total. The number of ether oxygens (including phenoxy) is 4. The van der Waals surface area contributed by atoms with Crippen LogP contribution in [0, 0.1) is 5.92 Å². The van der Waals surface area contributed by atoms with E-state index in [-0.39, 0.29) is 25.7 Å². The molecule has 15 atom stereocenters. The van der Waals surface area contributed by atoms with E-state index in [1.165, 1.54) is 6.92 Å². The van der Waals surface area contributed by atoms with Gasteiger partial charge in [0.1, 0.15) is 30.5 Å². The standard InChI is InChI=1S/C27H52N4O12/c1-12-19(35)26(40-11-27(12,2)39)43-23-16(31-24(38)20(36)18(30)17(34)10-33)9-15(29)22(21(23)37)42-25-14(28)7-6-13(41-25)5-3-4-8-32/h12-23,25-26,32-37,39H,3-11,28-30H2,1-2H3,(H,31,38)/t12-,13-,14?,15+,16-,17+,18+,19?,20+,21?,22?,23?,25-,26-,27?/m1/s1. The van der Waals surface area contributed by atoms with Crippen LogP contribution in [0.4, 0.5) is 0 Å². The number of hydrogen-bond donors (Lipinski definition) is 11. The Morgan fingerprint density at radius 2 is 1.72 bits per heavy atom. The zero-order chi connectivity index (χ0) is 32.1. The molecule has 0 aromatic rings. The average Bonchev–Trinajstić information content (AvgIpc) is 2.97. The molecule has 0 aromatic heterocycles. The fourth-order valence-electron chi connectivity index (χ4n) is 5.73. The van der Waals surface area contributed by atoms with Gasteiger partial charge in [-0.25, -0.2) is 0 Å². The quantitative estimate of drug-likeness (QED) is 0.0861. The number of carbonyl (C=O) groups excluding carboxylic acids is 1. The van der Waals surface area contributed by atoms with Gasteiger partial charge in [-0.3, -0.25) is 4.79 Å². The van der Waals surface area contributed by atoms with Gasteiger partial charge < -0.3 is 77.2 Å². The van der Waals surface area contributed by atoms with Crippen LogP contribution in [-0.2, 0) is 23.7 Å². The molecule has 2 saturated heterocycles. The maximum absolute atomic E-state index is 12.9. The van der Waals surface area contributed by atoms with E-state index in [4.69, 9.17) is 46.4 Å². The molecule has 3 rings (SSSR count).